The summed E-state index contributed by atoms with van der Waals surface area (Å²) in [4.78, 5) is 0. The van der Waals surface area contributed by atoms with Crippen LogP contribution in [0, 0.1) is 0 Å². The van der Waals surface area contributed by atoms with Gasteiger partial charge < -0.3 is 0 Å². The van der Waals surface area contributed by atoms with Crippen LogP contribution >= 0.6 is 37.2 Å². The van der Waals surface area contributed by atoms with Gasteiger partial charge in [0.2, 0.25) is 0 Å². The van der Waals surface area contributed by atoms with Crippen LogP contribution in [0.3, 0.4) is 0 Å². The van der Waals surface area contributed by atoms with Gasteiger partial charge in [-0.05, 0) is 0 Å². The van der Waals surface area contributed by atoms with Crippen molar-refractivity contribution in [2.75, 3.05) is 46.4 Å². The molecule has 4 nitrogen and oxygen atoms in total. The summed E-state index contributed by atoms with van der Waals surface area (Å²) in [6.45, 7) is 6.93. The summed E-state index contributed by atoms with van der Waals surface area (Å²) in [7, 11) is 1.88. The minimum absolute atomic E-state index is 0. The van der Waals surface area contributed by atoms with Crippen molar-refractivity contribution < 1.29 is 20.6 Å². The molecule has 0 aliphatic carbocycles. The summed E-state index contributed by atoms with van der Waals surface area (Å²) in [5.74, 6) is 0. The largest absolute Gasteiger partial charge is 0.147 e. The standard InChI is InChI=1S/C9H20N3.CH3O.2CH3.3ClH.Ti/c1-4-10-6-2-8-12-9-3-7-11-5-1;1-2;;;;;;/h10-11H,1-9H2;1H3;2*1H3;3*1H;/q2*-1;;;;;;+2. The van der Waals surface area contributed by atoms with E-state index >= 15 is 0 Å². The average molecular weight is 389 g/mol. The van der Waals surface area contributed by atoms with Crippen molar-refractivity contribution in [3.63, 3.8) is 0 Å². The summed E-state index contributed by atoms with van der Waals surface area (Å²) in [5, 5.41) is 11.7. The maximum atomic E-state index is 5.77. The molecule has 2 N–H and O–H groups in total. The Kier molecular flexibility index (Phi) is 20.2. The Labute approximate surface area is 147 Å². The molecule has 0 aromatic heterocycles. The molecule has 0 unspecified atom stereocenters. The second-order valence-electron chi connectivity index (χ2n) is 5.20. The Morgan fingerprint density at radius 3 is 1.60 bits per heavy atom. The first-order valence-electron chi connectivity index (χ1n) is 6.88. The van der Waals surface area contributed by atoms with E-state index in [1.54, 1.807) is 0 Å². The van der Waals surface area contributed by atoms with E-state index in [1.807, 2.05) is 7.11 Å². The molecule has 0 spiro atoms. The van der Waals surface area contributed by atoms with Crippen LogP contribution < -0.4 is 10.6 Å². The van der Waals surface area contributed by atoms with Gasteiger partial charge in [0.25, 0.3) is 0 Å². The van der Waals surface area contributed by atoms with E-state index in [0.29, 0.717) is 0 Å². The van der Waals surface area contributed by atoms with Crippen LogP contribution in [0.4, 0.5) is 0 Å². The fourth-order valence-electron chi connectivity index (χ4n) is 2.16. The summed E-state index contributed by atoms with van der Waals surface area (Å²) >= 11 is -2.14. The molecule has 1 aliphatic rings. The number of nitrogens with one attached hydrogen (secondary N) is 2. The summed E-state index contributed by atoms with van der Waals surface area (Å²) < 4.78 is 8.40. The van der Waals surface area contributed by atoms with Crippen LogP contribution in [0.25, 0.3) is 0 Å². The van der Waals surface area contributed by atoms with Gasteiger partial charge >= 0.3 is 111 Å². The zero-order chi connectivity index (χ0) is 12.6. The van der Waals surface area contributed by atoms with E-state index in [0.717, 1.165) is 26.2 Å². The van der Waals surface area contributed by atoms with Crippen LogP contribution in [0.5, 0.6) is 0 Å². The van der Waals surface area contributed by atoms with Gasteiger partial charge in [0.1, 0.15) is 0 Å². The zero-order valence-electron chi connectivity index (χ0n) is 12.9. The van der Waals surface area contributed by atoms with E-state index in [9.17, 15) is 0 Å². The number of hydrogen-bond donors (Lipinski definition) is 2. The van der Waals surface area contributed by atoms with Crippen molar-refractivity contribution in [2.45, 2.75) is 29.7 Å². The minimum atomic E-state index is -2.14. The summed E-state index contributed by atoms with van der Waals surface area (Å²) in [6, 6.07) is 0. The fraction of sp³-hybridized carbons (Fsp3) is 1.00. The van der Waals surface area contributed by atoms with Crippen LogP contribution in [0.2, 0.25) is 10.5 Å². The number of hydrogen-bond acceptors (Lipinski definition) is 4. The van der Waals surface area contributed by atoms with Gasteiger partial charge in [0, 0.05) is 0 Å². The molecule has 1 aliphatic heterocycles. The molecule has 8 heteroatoms. The van der Waals surface area contributed by atoms with Crippen molar-refractivity contribution in [1.82, 2.24) is 14.0 Å². The molecule has 0 aromatic rings. The number of rotatable bonds is 2. The molecular weight excluding hydrogens is 356 g/mol. The Hall–Kier alpha value is 1.42. The van der Waals surface area contributed by atoms with Crippen molar-refractivity contribution in [2.24, 2.45) is 0 Å². The van der Waals surface area contributed by atoms with Crippen LogP contribution in [0.1, 0.15) is 19.3 Å². The molecule has 20 heavy (non-hydrogen) atoms. The van der Waals surface area contributed by atoms with Crippen molar-refractivity contribution >= 4 is 37.2 Å². The number of nitrogens with zero attached hydrogens (tertiary/aromatic N) is 1. The smallest absolute Gasteiger partial charge is 0.147 e. The molecule has 1 rings (SSSR count). The summed E-state index contributed by atoms with van der Waals surface area (Å²) in [6.07, 6.45) is 3.72. The van der Waals surface area contributed by atoms with Gasteiger partial charge in [-0.2, -0.15) is 0 Å². The fourth-order valence-corrected chi connectivity index (χ4v) is 4.74. The minimum Gasteiger partial charge on any atom is -0.147 e. The topological polar surface area (TPSA) is 36.5 Å². The van der Waals surface area contributed by atoms with Crippen molar-refractivity contribution in [1.29, 1.82) is 0 Å². The quantitative estimate of drug-likeness (QED) is 0.713. The molecule has 0 atom stereocenters. The van der Waals surface area contributed by atoms with Crippen molar-refractivity contribution in [3.8, 4) is 0 Å². The Bertz CT molecular complexity index is 202. The molecule has 1 fully saturated rings. The van der Waals surface area contributed by atoms with Gasteiger partial charge in [0.05, 0.1) is 0 Å². The van der Waals surface area contributed by atoms with Gasteiger partial charge in [-0.1, -0.05) is 0 Å². The molecule has 0 aromatic carbocycles. The van der Waals surface area contributed by atoms with Crippen molar-refractivity contribution in [3.05, 3.63) is 0 Å². The number of halogens is 3. The maximum absolute atomic E-state index is 5.77. The third-order valence-corrected chi connectivity index (χ3v) is 8.17. The van der Waals surface area contributed by atoms with Gasteiger partial charge in [-0.3, -0.25) is 0 Å². The van der Waals surface area contributed by atoms with Crippen LogP contribution in [-0.2, 0) is 20.6 Å². The second-order valence-corrected chi connectivity index (χ2v) is 11.3. The van der Waals surface area contributed by atoms with Crippen LogP contribution in [-0.4, -0.2) is 49.8 Å². The Morgan fingerprint density at radius 1 is 0.800 bits per heavy atom. The molecule has 126 valence electrons. The SMILES string of the molecule is C[O][Ti]([CH3])([CH3])[N]1CCCNCCCNCCC1.Cl.Cl.Cl. The maximum Gasteiger partial charge on any atom is -0.147 e. The average Bonchev–Trinajstić information content (AvgIpc) is 2.29. The zero-order valence-corrected chi connectivity index (χ0v) is 17.0. The van der Waals surface area contributed by atoms with Gasteiger partial charge in [-0.25, -0.2) is 0 Å². The Morgan fingerprint density at radius 2 is 1.20 bits per heavy atom. The third-order valence-electron chi connectivity index (χ3n) is 3.53. The second kappa shape index (κ2) is 15.3. The normalized spacial score (nSPS) is 19.4. The Balaban J connectivity index is -0.000000963. The molecule has 0 amide bonds. The van der Waals surface area contributed by atoms with E-state index < -0.39 is 17.2 Å². The van der Waals surface area contributed by atoms with Gasteiger partial charge in [-0.15, -0.1) is 37.2 Å². The van der Waals surface area contributed by atoms with E-state index in [-0.39, 0.29) is 37.2 Å². The summed E-state index contributed by atoms with van der Waals surface area (Å²) in [5.41, 5.74) is 0. The predicted molar refractivity (Wildman–Crippen MR) is 91.6 cm³/mol. The van der Waals surface area contributed by atoms with E-state index in [4.69, 9.17) is 3.32 Å². The van der Waals surface area contributed by atoms with Gasteiger partial charge in [0.15, 0.2) is 0 Å². The monoisotopic (exact) mass is 387 g/mol. The third kappa shape index (κ3) is 11.1. The first-order valence-corrected chi connectivity index (χ1v) is 11.3. The molecule has 0 bridgehead atoms. The van der Waals surface area contributed by atoms with E-state index in [2.05, 4.69) is 24.5 Å². The molecule has 1 saturated heterocycles. The van der Waals surface area contributed by atoms with Crippen LogP contribution in [0.15, 0.2) is 0 Å². The molecular formula is C12H32Cl3N3OTi. The predicted octanol–water partition coefficient (Wildman–Crippen LogP) is 2.64. The molecule has 0 saturated carbocycles. The first kappa shape index (κ1) is 26.3. The molecule has 1 heterocycles. The molecule has 0 radical (unpaired) electrons. The first-order chi connectivity index (χ1) is 8.17. The van der Waals surface area contributed by atoms with E-state index in [1.165, 1.54) is 32.4 Å².